The van der Waals surface area contributed by atoms with Crippen molar-refractivity contribution in [2.45, 2.75) is 32.4 Å². The molecule has 0 spiro atoms. The summed E-state index contributed by atoms with van der Waals surface area (Å²) < 4.78 is 5.78. The first-order valence-corrected chi connectivity index (χ1v) is 8.59. The number of hydrogen-bond donors (Lipinski definition) is 0. The smallest absolute Gasteiger partial charge is 0.263 e. The Morgan fingerprint density at radius 1 is 1.36 bits per heavy atom. The summed E-state index contributed by atoms with van der Waals surface area (Å²) in [5, 5.41) is 0. The molecule has 0 radical (unpaired) electrons. The minimum atomic E-state index is 0.135. The van der Waals surface area contributed by atoms with E-state index in [0.29, 0.717) is 18.6 Å². The Morgan fingerprint density at radius 3 is 2.91 bits per heavy atom. The molecule has 0 saturated heterocycles. The van der Waals surface area contributed by atoms with Crippen molar-refractivity contribution in [2.75, 3.05) is 7.05 Å². The van der Waals surface area contributed by atoms with Gasteiger partial charge in [0.05, 0.1) is 4.88 Å². The Morgan fingerprint density at radius 2 is 2.14 bits per heavy atom. The minimum absolute atomic E-state index is 0.135. The number of para-hydroxylation sites is 1. The number of benzene rings is 1. The van der Waals surface area contributed by atoms with Gasteiger partial charge < -0.3 is 9.64 Å². The maximum absolute atomic E-state index is 12.7. The molecule has 1 saturated carbocycles. The van der Waals surface area contributed by atoms with E-state index >= 15 is 0 Å². The van der Waals surface area contributed by atoms with E-state index in [1.165, 1.54) is 17.7 Å². The molecule has 1 aliphatic heterocycles. The molecular weight excluding hydrogens is 294 g/mol. The van der Waals surface area contributed by atoms with Crippen LogP contribution in [0.5, 0.6) is 5.75 Å². The summed E-state index contributed by atoms with van der Waals surface area (Å²) >= 11 is 1.59. The van der Waals surface area contributed by atoms with E-state index in [0.717, 1.165) is 21.8 Å². The van der Waals surface area contributed by atoms with Crippen molar-refractivity contribution in [3.8, 4) is 16.2 Å². The molecule has 4 rings (SSSR count). The van der Waals surface area contributed by atoms with Crippen molar-refractivity contribution in [2.24, 2.45) is 5.92 Å². The fourth-order valence-electron chi connectivity index (χ4n) is 3.06. The summed E-state index contributed by atoms with van der Waals surface area (Å²) in [7, 11) is 1.93. The van der Waals surface area contributed by atoms with Crippen molar-refractivity contribution < 1.29 is 9.53 Å². The van der Waals surface area contributed by atoms with E-state index in [1.807, 2.05) is 36.2 Å². The van der Waals surface area contributed by atoms with Gasteiger partial charge in [-0.15, -0.1) is 11.3 Å². The molecule has 2 aliphatic rings. The van der Waals surface area contributed by atoms with Crippen LogP contribution < -0.4 is 4.74 Å². The van der Waals surface area contributed by atoms with Gasteiger partial charge in [-0.2, -0.15) is 0 Å². The predicted octanol–water partition coefficient (Wildman–Crippen LogP) is 4.18. The van der Waals surface area contributed by atoms with Crippen LogP contribution in [0.4, 0.5) is 0 Å². The van der Waals surface area contributed by atoms with Gasteiger partial charge in [0.25, 0.3) is 5.91 Å². The lowest BCUT2D eigenvalue weighted by Gasteiger charge is -2.24. The fourth-order valence-corrected chi connectivity index (χ4v) is 4.24. The standard InChI is InChI=1S/C18H19NO2S/c1-11(12-7-8-12)19(2)18(20)16-9-13-10-21-15-6-4-3-5-14(15)17(13)22-16/h3-6,9,11-12H,7-8,10H2,1-2H3. The number of thiophene rings is 1. The van der Waals surface area contributed by atoms with Crippen molar-refractivity contribution >= 4 is 17.2 Å². The molecule has 0 bridgehead atoms. The topological polar surface area (TPSA) is 29.5 Å². The highest BCUT2D eigenvalue weighted by atomic mass is 32.1. The lowest BCUT2D eigenvalue weighted by atomic mass is 10.1. The number of fused-ring (bicyclic) bond motifs is 3. The molecule has 1 aromatic heterocycles. The minimum Gasteiger partial charge on any atom is -0.488 e. The molecule has 1 fully saturated rings. The first-order valence-electron chi connectivity index (χ1n) is 7.77. The molecule has 2 heterocycles. The van der Waals surface area contributed by atoms with Gasteiger partial charge >= 0.3 is 0 Å². The number of hydrogen-bond acceptors (Lipinski definition) is 3. The Kier molecular flexibility index (Phi) is 3.22. The van der Waals surface area contributed by atoms with Crippen LogP contribution in [0.25, 0.3) is 10.4 Å². The number of nitrogens with zero attached hydrogens (tertiary/aromatic N) is 1. The van der Waals surface area contributed by atoms with Crippen LogP contribution in [-0.4, -0.2) is 23.9 Å². The normalized spacial score (nSPS) is 17.2. The van der Waals surface area contributed by atoms with E-state index in [9.17, 15) is 4.79 Å². The Balaban J connectivity index is 1.65. The Labute approximate surface area is 134 Å². The van der Waals surface area contributed by atoms with Crippen molar-refractivity contribution in [3.05, 3.63) is 40.8 Å². The van der Waals surface area contributed by atoms with Crippen molar-refractivity contribution in [1.29, 1.82) is 0 Å². The van der Waals surface area contributed by atoms with Gasteiger partial charge in [-0.3, -0.25) is 4.79 Å². The number of carbonyl (C=O) groups is 1. The number of carbonyl (C=O) groups excluding carboxylic acids is 1. The number of ether oxygens (including phenoxy) is 1. The Hall–Kier alpha value is -1.81. The van der Waals surface area contributed by atoms with Gasteiger partial charge in [-0.1, -0.05) is 12.1 Å². The third-order valence-corrected chi connectivity index (χ3v) is 5.97. The van der Waals surface area contributed by atoms with E-state index in [1.54, 1.807) is 11.3 Å². The molecule has 1 atom stereocenters. The number of amides is 1. The quantitative estimate of drug-likeness (QED) is 0.851. The molecule has 1 aliphatic carbocycles. The zero-order valence-corrected chi connectivity index (χ0v) is 13.7. The maximum atomic E-state index is 12.7. The molecule has 3 nitrogen and oxygen atoms in total. The van der Waals surface area contributed by atoms with Crippen LogP contribution in [-0.2, 0) is 6.61 Å². The van der Waals surface area contributed by atoms with Crippen LogP contribution >= 0.6 is 11.3 Å². The summed E-state index contributed by atoms with van der Waals surface area (Å²) in [5.41, 5.74) is 2.23. The molecule has 1 unspecified atom stereocenters. The van der Waals surface area contributed by atoms with E-state index in [2.05, 4.69) is 13.0 Å². The average molecular weight is 313 g/mol. The first-order chi connectivity index (χ1) is 10.6. The molecular formula is C18H19NO2S. The monoisotopic (exact) mass is 313 g/mol. The molecule has 2 aromatic rings. The van der Waals surface area contributed by atoms with Crippen molar-refractivity contribution in [3.63, 3.8) is 0 Å². The fraction of sp³-hybridized carbons (Fsp3) is 0.389. The molecule has 0 N–H and O–H groups in total. The summed E-state index contributed by atoms with van der Waals surface area (Å²) in [4.78, 5) is 16.6. The zero-order chi connectivity index (χ0) is 15.3. The van der Waals surface area contributed by atoms with Gasteiger partial charge in [0, 0.05) is 29.1 Å². The summed E-state index contributed by atoms with van der Waals surface area (Å²) in [6.07, 6.45) is 2.50. The van der Waals surface area contributed by atoms with E-state index in [-0.39, 0.29) is 5.91 Å². The third kappa shape index (κ3) is 2.22. The second-order valence-electron chi connectivity index (χ2n) is 6.24. The number of rotatable bonds is 3. The zero-order valence-electron chi connectivity index (χ0n) is 12.8. The predicted molar refractivity (Wildman–Crippen MR) is 88.4 cm³/mol. The second-order valence-corrected chi connectivity index (χ2v) is 7.30. The van der Waals surface area contributed by atoms with E-state index < -0.39 is 0 Å². The highest BCUT2D eigenvalue weighted by molar-refractivity contribution is 7.17. The molecule has 1 amide bonds. The SMILES string of the molecule is CC(C1CC1)N(C)C(=O)c1cc2c(s1)-c1ccccc1OC2. The molecule has 4 heteroatoms. The van der Waals surface area contributed by atoms with Gasteiger partial charge in [0.15, 0.2) is 0 Å². The Bertz CT molecular complexity index is 732. The third-order valence-electron chi connectivity index (χ3n) is 4.77. The molecule has 1 aromatic carbocycles. The summed E-state index contributed by atoms with van der Waals surface area (Å²) in [6.45, 7) is 2.71. The van der Waals surface area contributed by atoms with Crippen LogP contribution in [0.1, 0.15) is 35.0 Å². The lowest BCUT2D eigenvalue weighted by Crippen LogP contribution is -2.35. The van der Waals surface area contributed by atoms with Crippen LogP contribution in [0.2, 0.25) is 0 Å². The highest BCUT2D eigenvalue weighted by Gasteiger charge is 2.33. The van der Waals surface area contributed by atoms with Gasteiger partial charge in [-0.05, 0) is 43.9 Å². The largest absolute Gasteiger partial charge is 0.488 e. The van der Waals surface area contributed by atoms with Gasteiger partial charge in [0.1, 0.15) is 12.4 Å². The van der Waals surface area contributed by atoms with Crippen LogP contribution in [0.15, 0.2) is 30.3 Å². The van der Waals surface area contributed by atoms with E-state index in [4.69, 9.17) is 4.74 Å². The van der Waals surface area contributed by atoms with Gasteiger partial charge in [0.2, 0.25) is 0 Å². The highest BCUT2D eigenvalue weighted by Crippen LogP contribution is 2.43. The van der Waals surface area contributed by atoms with Crippen LogP contribution in [0, 0.1) is 5.92 Å². The van der Waals surface area contributed by atoms with Crippen molar-refractivity contribution in [1.82, 2.24) is 4.90 Å². The van der Waals surface area contributed by atoms with Gasteiger partial charge in [-0.25, -0.2) is 0 Å². The first kappa shape index (κ1) is 13.8. The van der Waals surface area contributed by atoms with Crippen LogP contribution in [0.3, 0.4) is 0 Å². The second kappa shape index (κ2) is 5.13. The maximum Gasteiger partial charge on any atom is 0.263 e. The molecule has 114 valence electrons. The summed E-state index contributed by atoms with van der Waals surface area (Å²) in [6, 6.07) is 10.4. The lowest BCUT2D eigenvalue weighted by molar-refractivity contribution is 0.0732. The average Bonchev–Trinajstić information content (AvgIpc) is 3.30. The molecule has 22 heavy (non-hydrogen) atoms. The summed E-state index contributed by atoms with van der Waals surface area (Å²) in [5.74, 6) is 1.74.